The van der Waals surface area contributed by atoms with Gasteiger partial charge in [0.2, 0.25) is 5.91 Å². The van der Waals surface area contributed by atoms with Crippen molar-refractivity contribution in [1.29, 1.82) is 0 Å². The van der Waals surface area contributed by atoms with E-state index in [0.29, 0.717) is 31.6 Å². The van der Waals surface area contributed by atoms with Crippen LogP contribution < -0.4 is 9.47 Å². The molecule has 1 aromatic carbocycles. The van der Waals surface area contributed by atoms with E-state index in [0.717, 1.165) is 41.5 Å². The first-order valence-corrected chi connectivity index (χ1v) is 9.59. The van der Waals surface area contributed by atoms with Crippen LogP contribution in [0.1, 0.15) is 32.3 Å². The first-order chi connectivity index (χ1) is 11.7. The van der Waals surface area contributed by atoms with Crippen molar-refractivity contribution < 1.29 is 14.3 Å². The van der Waals surface area contributed by atoms with Crippen molar-refractivity contribution in [2.45, 2.75) is 39.2 Å². The quantitative estimate of drug-likeness (QED) is 0.724. The highest BCUT2D eigenvalue weighted by Crippen LogP contribution is 2.30. The number of rotatable bonds is 8. The summed E-state index contributed by atoms with van der Waals surface area (Å²) in [5.74, 6) is 2.21. The van der Waals surface area contributed by atoms with E-state index in [9.17, 15) is 4.79 Å². The van der Waals surface area contributed by atoms with Gasteiger partial charge in [0.1, 0.15) is 0 Å². The van der Waals surface area contributed by atoms with Gasteiger partial charge in [-0.05, 0) is 50.8 Å². The molecular formula is C18H24N2O3S. The van der Waals surface area contributed by atoms with Crippen LogP contribution in [0.15, 0.2) is 23.2 Å². The number of ether oxygens (including phenoxy) is 2. The molecule has 5 nitrogen and oxygen atoms in total. The number of hydrogen-bond acceptors (Lipinski definition) is 5. The summed E-state index contributed by atoms with van der Waals surface area (Å²) in [6, 6.07) is 6.44. The number of carbonyl (C=O) groups excluding carboxylic acids is 1. The van der Waals surface area contributed by atoms with Crippen LogP contribution in [0.5, 0.6) is 11.5 Å². The third kappa shape index (κ3) is 4.23. The van der Waals surface area contributed by atoms with Crippen LogP contribution in [0.3, 0.4) is 0 Å². The second-order valence-corrected chi connectivity index (χ2v) is 6.82. The summed E-state index contributed by atoms with van der Waals surface area (Å²) in [5.41, 5.74) is 1.14. The molecule has 0 N–H and O–H groups in total. The number of nitrogens with zero attached hydrogens (tertiary/aromatic N) is 2. The number of thioether (sulfide) groups is 1. The van der Waals surface area contributed by atoms with Crippen molar-refractivity contribution in [3.63, 3.8) is 0 Å². The Labute approximate surface area is 147 Å². The zero-order chi connectivity index (χ0) is 16.9. The highest BCUT2D eigenvalue weighted by molar-refractivity contribution is 8.15. The normalized spacial score (nSPS) is 19.2. The van der Waals surface area contributed by atoms with Crippen LogP contribution in [0.4, 0.5) is 0 Å². The summed E-state index contributed by atoms with van der Waals surface area (Å²) >= 11 is 1.56. The predicted octanol–water partition coefficient (Wildman–Crippen LogP) is 3.12. The number of amidine groups is 1. The van der Waals surface area contributed by atoms with Gasteiger partial charge in [0.05, 0.1) is 25.0 Å². The van der Waals surface area contributed by atoms with E-state index in [-0.39, 0.29) is 5.91 Å². The van der Waals surface area contributed by atoms with E-state index in [2.05, 4.69) is 4.99 Å². The molecule has 0 aromatic heterocycles. The lowest BCUT2D eigenvalue weighted by Crippen LogP contribution is -2.31. The third-order valence-electron chi connectivity index (χ3n) is 3.93. The lowest BCUT2D eigenvalue weighted by molar-refractivity contribution is -0.124. The molecule has 130 valence electrons. The summed E-state index contributed by atoms with van der Waals surface area (Å²) in [6.07, 6.45) is 3.09. The first-order valence-electron chi connectivity index (χ1n) is 8.60. The van der Waals surface area contributed by atoms with Gasteiger partial charge in [-0.15, -0.1) is 0 Å². The number of aliphatic imine (C=N–C) groups is 1. The number of benzene rings is 1. The third-order valence-corrected chi connectivity index (χ3v) is 4.90. The van der Waals surface area contributed by atoms with E-state index < -0.39 is 0 Å². The van der Waals surface area contributed by atoms with Crippen molar-refractivity contribution in [2.24, 2.45) is 4.99 Å². The molecule has 6 heteroatoms. The van der Waals surface area contributed by atoms with Gasteiger partial charge in [0, 0.05) is 6.54 Å². The highest BCUT2D eigenvalue weighted by Gasteiger charge is 2.30. The van der Waals surface area contributed by atoms with Crippen LogP contribution >= 0.6 is 11.8 Å². The number of hydrogen-bond donors (Lipinski definition) is 0. The molecule has 1 amide bonds. The van der Waals surface area contributed by atoms with Crippen LogP contribution in [-0.4, -0.2) is 47.5 Å². The number of carbonyl (C=O) groups is 1. The second-order valence-electron chi connectivity index (χ2n) is 5.87. The monoisotopic (exact) mass is 348 g/mol. The maximum Gasteiger partial charge on any atom is 0.239 e. The van der Waals surface area contributed by atoms with Gasteiger partial charge in [-0.2, -0.15) is 0 Å². The second kappa shape index (κ2) is 7.92. The summed E-state index contributed by atoms with van der Waals surface area (Å²) in [5, 5.41) is 0.901. The maximum atomic E-state index is 12.1. The molecule has 0 atom stereocenters. The lowest BCUT2D eigenvalue weighted by Gasteiger charge is -2.17. The van der Waals surface area contributed by atoms with E-state index in [4.69, 9.17) is 9.47 Å². The molecule has 2 aliphatic rings. The van der Waals surface area contributed by atoms with Crippen LogP contribution in [0, 0.1) is 0 Å². The number of amides is 1. The summed E-state index contributed by atoms with van der Waals surface area (Å²) in [7, 11) is 0. The smallest absolute Gasteiger partial charge is 0.239 e. The summed E-state index contributed by atoms with van der Waals surface area (Å²) in [6.45, 7) is 5.80. The molecule has 2 fully saturated rings. The Hall–Kier alpha value is -1.69. The summed E-state index contributed by atoms with van der Waals surface area (Å²) < 4.78 is 11.3. The molecule has 1 aromatic rings. The summed E-state index contributed by atoms with van der Waals surface area (Å²) in [4.78, 5) is 18.6. The van der Waals surface area contributed by atoms with Crippen LogP contribution in [0.25, 0.3) is 0 Å². The molecule has 0 spiro atoms. The van der Waals surface area contributed by atoms with Crippen molar-refractivity contribution in [2.75, 3.05) is 25.5 Å². The fourth-order valence-corrected chi connectivity index (χ4v) is 3.55. The molecule has 0 radical (unpaired) electrons. The largest absolute Gasteiger partial charge is 0.490 e. The van der Waals surface area contributed by atoms with Crippen molar-refractivity contribution in [3.8, 4) is 11.5 Å². The van der Waals surface area contributed by atoms with Gasteiger partial charge in [-0.3, -0.25) is 14.7 Å². The minimum absolute atomic E-state index is 0.162. The van der Waals surface area contributed by atoms with Gasteiger partial charge in [-0.25, -0.2) is 0 Å². The Kier molecular flexibility index (Phi) is 5.66. The Bertz CT molecular complexity index is 629. The zero-order valence-corrected chi connectivity index (χ0v) is 15.1. The molecule has 1 saturated heterocycles. The maximum absolute atomic E-state index is 12.1. The van der Waals surface area contributed by atoms with Crippen molar-refractivity contribution in [1.82, 2.24) is 4.90 Å². The van der Waals surface area contributed by atoms with Gasteiger partial charge in [-0.1, -0.05) is 17.8 Å². The highest BCUT2D eigenvalue weighted by atomic mass is 32.2. The van der Waals surface area contributed by atoms with E-state index >= 15 is 0 Å². The molecule has 0 unspecified atom stereocenters. The average Bonchev–Trinajstić information content (AvgIpc) is 3.32. The fraction of sp³-hybridized carbons (Fsp3) is 0.556. The van der Waals surface area contributed by atoms with E-state index in [1.54, 1.807) is 11.8 Å². The minimum Gasteiger partial charge on any atom is -0.490 e. The molecule has 1 heterocycles. The van der Waals surface area contributed by atoms with Crippen LogP contribution in [0.2, 0.25) is 0 Å². The zero-order valence-electron chi connectivity index (χ0n) is 14.3. The van der Waals surface area contributed by atoms with Crippen LogP contribution in [-0.2, 0) is 11.2 Å². The molecule has 3 rings (SSSR count). The Morgan fingerprint density at radius 3 is 2.67 bits per heavy atom. The molecule has 1 saturated carbocycles. The fourth-order valence-electron chi connectivity index (χ4n) is 2.57. The van der Waals surface area contributed by atoms with E-state index in [1.165, 1.54) is 0 Å². The topological polar surface area (TPSA) is 51.1 Å². The van der Waals surface area contributed by atoms with Crippen molar-refractivity contribution in [3.05, 3.63) is 23.8 Å². The Morgan fingerprint density at radius 2 is 1.96 bits per heavy atom. The van der Waals surface area contributed by atoms with Gasteiger partial charge >= 0.3 is 0 Å². The van der Waals surface area contributed by atoms with Gasteiger partial charge < -0.3 is 9.47 Å². The van der Waals surface area contributed by atoms with E-state index in [1.807, 2.05) is 36.9 Å². The Morgan fingerprint density at radius 1 is 1.21 bits per heavy atom. The molecule has 1 aliphatic carbocycles. The first kappa shape index (κ1) is 17.1. The van der Waals surface area contributed by atoms with Crippen molar-refractivity contribution >= 4 is 22.8 Å². The Balaban J connectivity index is 1.66. The standard InChI is InChI=1S/C18H24N2O3S/c1-3-22-15-8-5-13(11-16(15)23-4-2)9-10-20-17(21)12-24-18(20)19-14-6-7-14/h5,8,11,14H,3-4,6-7,9-10,12H2,1-2H3. The average molecular weight is 348 g/mol. The SMILES string of the molecule is CCOc1ccc(CCN2C(=O)CSC2=NC2CC2)cc1OCC. The lowest BCUT2D eigenvalue weighted by atomic mass is 10.1. The molecule has 24 heavy (non-hydrogen) atoms. The predicted molar refractivity (Wildman–Crippen MR) is 97.1 cm³/mol. The van der Waals surface area contributed by atoms with Gasteiger partial charge in [0.15, 0.2) is 16.7 Å². The molecule has 1 aliphatic heterocycles. The molecular weight excluding hydrogens is 324 g/mol. The minimum atomic E-state index is 0.162. The van der Waals surface area contributed by atoms with Gasteiger partial charge in [0.25, 0.3) is 0 Å². The molecule has 0 bridgehead atoms.